The first-order valence-electron chi connectivity index (χ1n) is 9.68. The van der Waals surface area contributed by atoms with Crippen LogP contribution in [0.5, 0.6) is 5.75 Å². The van der Waals surface area contributed by atoms with Crippen LogP contribution in [0.3, 0.4) is 0 Å². The van der Waals surface area contributed by atoms with E-state index < -0.39 is 0 Å². The molecule has 1 aliphatic rings. The molecule has 2 aromatic carbocycles. The van der Waals surface area contributed by atoms with Gasteiger partial charge in [-0.2, -0.15) is 5.10 Å². The van der Waals surface area contributed by atoms with Gasteiger partial charge in [-0.3, -0.25) is 10.00 Å². The molecule has 4 rings (SSSR count). The maximum atomic E-state index is 5.70. The van der Waals surface area contributed by atoms with Gasteiger partial charge in [-0.1, -0.05) is 18.2 Å². The molecule has 1 fully saturated rings. The van der Waals surface area contributed by atoms with Crippen LogP contribution in [0.4, 0.5) is 0 Å². The molecule has 1 aliphatic heterocycles. The smallest absolute Gasteiger partial charge is 0.181 e. The molecule has 27 heavy (non-hydrogen) atoms. The van der Waals surface area contributed by atoms with E-state index in [1.165, 1.54) is 31.5 Å². The molecule has 0 atom stereocenters. The van der Waals surface area contributed by atoms with E-state index in [1.807, 2.05) is 38.1 Å². The van der Waals surface area contributed by atoms with E-state index in [-0.39, 0.29) is 6.10 Å². The number of nitrogens with one attached hydrogen (secondary N) is 1. The summed E-state index contributed by atoms with van der Waals surface area (Å²) in [5.41, 5.74) is 3.36. The molecule has 0 unspecified atom stereocenters. The Balaban J connectivity index is 1.50. The molecule has 0 amide bonds. The van der Waals surface area contributed by atoms with E-state index in [1.54, 1.807) is 0 Å². The molecule has 140 valence electrons. The van der Waals surface area contributed by atoms with Crippen LogP contribution < -0.4 is 4.74 Å². The van der Waals surface area contributed by atoms with Crippen molar-refractivity contribution >= 4 is 0 Å². The first-order chi connectivity index (χ1) is 13.2. The molecule has 0 aliphatic carbocycles. The van der Waals surface area contributed by atoms with E-state index >= 15 is 0 Å². The van der Waals surface area contributed by atoms with Crippen molar-refractivity contribution in [1.82, 2.24) is 20.1 Å². The van der Waals surface area contributed by atoms with Gasteiger partial charge in [-0.05, 0) is 75.7 Å². The number of benzene rings is 2. The Kier molecular flexibility index (Phi) is 5.21. The molecule has 0 radical (unpaired) electrons. The molecular weight excluding hydrogens is 336 g/mol. The van der Waals surface area contributed by atoms with Crippen LogP contribution in [-0.4, -0.2) is 39.3 Å². The average molecular weight is 362 g/mol. The van der Waals surface area contributed by atoms with Crippen molar-refractivity contribution < 1.29 is 4.74 Å². The number of rotatable bonds is 6. The van der Waals surface area contributed by atoms with Gasteiger partial charge in [0, 0.05) is 17.7 Å². The Morgan fingerprint density at radius 1 is 1.04 bits per heavy atom. The zero-order chi connectivity index (χ0) is 18.6. The Bertz CT molecular complexity index is 879. The van der Waals surface area contributed by atoms with Crippen LogP contribution in [0.1, 0.15) is 32.3 Å². The Morgan fingerprint density at radius 2 is 1.81 bits per heavy atom. The average Bonchev–Trinajstić information content (AvgIpc) is 3.34. The van der Waals surface area contributed by atoms with Crippen molar-refractivity contribution in [2.24, 2.45) is 0 Å². The van der Waals surface area contributed by atoms with E-state index in [4.69, 9.17) is 9.72 Å². The van der Waals surface area contributed by atoms with Crippen molar-refractivity contribution in [3.8, 4) is 28.5 Å². The molecule has 0 bridgehead atoms. The van der Waals surface area contributed by atoms with Crippen molar-refractivity contribution in [1.29, 1.82) is 0 Å². The lowest BCUT2D eigenvalue weighted by Gasteiger charge is -2.14. The van der Waals surface area contributed by atoms with Gasteiger partial charge in [-0.25, -0.2) is 4.98 Å². The number of H-pyrrole nitrogens is 1. The maximum Gasteiger partial charge on any atom is 0.181 e. The first kappa shape index (κ1) is 17.7. The van der Waals surface area contributed by atoms with Crippen LogP contribution in [-0.2, 0) is 6.54 Å². The topological polar surface area (TPSA) is 54.0 Å². The van der Waals surface area contributed by atoms with Crippen LogP contribution in [0.15, 0.2) is 48.5 Å². The minimum Gasteiger partial charge on any atom is -0.491 e. The Labute approximate surface area is 160 Å². The van der Waals surface area contributed by atoms with Gasteiger partial charge in [0.25, 0.3) is 0 Å². The third-order valence-corrected chi connectivity index (χ3v) is 4.77. The quantitative estimate of drug-likeness (QED) is 0.700. The third-order valence-electron chi connectivity index (χ3n) is 4.77. The molecule has 2 heterocycles. The highest BCUT2D eigenvalue weighted by molar-refractivity contribution is 5.62. The minimum atomic E-state index is 0.167. The molecule has 3 aromatic rings. The molecule has 0 spiro atoms. The second-order valence-electron chi connectivity index (χ2n) is 7.38. The lowest BCUT2D eigenvalue weighted by molar-refractivity contribution is 0.242. The lowest BCUT2D eigenvalue weighted by Crippen LogP contribution is -2.18. The summed E-state index contributed by atoms with van der Waals surface area (Å²) in [5.74, 6) is 2.37. The first-order valence-corrected chi connectivity index (χ1v) is 9.68. The van der Waals surface area contributed by atoms with Gasteiger partial charge in [0.1, 0.15) is 5.75 Å². The van der Waals surface area contributed by atoms with E-state index in [0.29, 0.717) is 0 Å². The number of ether oxygens (including phenoxy) is 1. The van der Waals surface area contributed by atoms with Crippen LogP contribution in [0.25, 0.3) is 22.8 Å². The third kappa shape index (κ3) is 4.37. The summed E-state index contributed by atoms with van der Waals surface area (Å²) in [5, 5.41) is 7.49. The second-order valence-corrected chi connectivity index (χ2v) is 7.38. The summed E-state index contributed by atoms with van der Waals surface area (Å²) in [7, 11) is 0. The van der Waals surface area contributed by atoms with Crippen LogP contribution >= 0.6 is 0 Å². The monoisotopic (exact) mass is 362 g/mol. The molecule has 1 aromatic heterocycles. The fourth-order valence-corrected chi connectivity index (χ4v) is 3.49. The number of aromatic amines is 1. The molecule has 5 nitrogen and oxygen atoms in total. The summed E-state index contributed by atoms with van der Waals surface area (Å²) < 4.78 is 5.70. The van der Waals surface area contributed by atoms with Gasteiger partial charge in [0.2, 0.25) is 0 Å². The summed E-state index contributed by atoms with van der Waals surface area (Å²) in [6.45, 7) is 7.45. The van der Waals surface area contributed by atoms with Gasteiger partial charge >= 0.3 is 0 Å². The Morgan fingerprint density at radius 3 is 2.56 bits per heavy atom. The highest BCUT2D eigenvalue weighted by Gasteiger charge is 2.13. The predicted octanol–water partition coefficient (Wildman–Crippen LogP) is 4.52. The van der Waals surface area contributed by atoms with E-state index in [9.17, 15) is 0 Å². The fourth-order valence-electron chi connectivity index (χ4n) is 3.49. The van der Waals surface area contributed by atoms with E-state index in [0.717, 1.165) is 35.1 Å². The highest BCUT2D eigenvalue weighted by atomic mass is 16.5. The zero-order valence-corrected chi connectivity index (χ0v) is 16.0. The summed E-state index contributed by atoms with van der Waals surface area (Å²) in [6, 6.07) is 16.5. The van der Waals surface area contributed by atoms with Crippen molar-refractivity contribution in [3.05, 3.63) is 54.1 Å². The standard InChI is InChI=1S/C22H26N4O/c1-16(2)27-20-10-8-18(9-11-20)21-23-22(25-24-21)19-7-5-6-17(14-19)15-26-12-3-4-13-26/h5-11,14,16H,3-4,12-13,15H2,1-2H3,(H,23,24,25). The van der Waals surface area contributed by atoms with Gasteiger partial charge in [0.15, 0.2) is 11.6 Å². The van der Waals surface area contributed by atoms with Crippen molar-refractivity contribution in [2.45, 2.75) is 39.3 Å². The normalized spacial score (nSPS) is 14.8. The molecule has 5 heteroatoms. The number of aromatic nitrogens is 3. The van der Waals surface area contributed by atoms with Crippen LogP contribution in [0.2, 0.25) is 0 Å². The second kappa shape index (κ2) is 7.92. The zero-order valence-electron chi connectivity index (χ0n) is 16.0. The number of likely N-dealkylation sites (tertiary alicyclic amines) is 1. The van der Waals surface area contributed by atoms with Crippen LogP contribution in [0, 0.1) is 0 Å². The van der Waals surface area contributed by atoms with E-state index in [2.05, 4.69) is 39.4 Å². The number of hydrogen-bond donors (Lipinski definition) is 1. The maximum absolute atomic E-state index is 5.70. The molecule has 1 N–H and O–H groups in total. The number of hydrogen-bond acceptors (Lipinski definition) is 4. The van der Waals surface area contributed by atoms with Crippen molar-refractivity contribution in [3.63, 3.8) is 0 Å². The fraction of sp³-hybridized carbons (Fsp3) is 0.364. The SMILES string of the molecule is CC(C)Oc1ccc(-c2nc(-c3cccc(CN4CCCC4)c3)n[nH]2)cc1. The van der Waals surface area contributed by atoms with Gasteiger partial charge in [0.05, 0.1) is 6.10 Å². The van der Waals surface area contributed by atoms with Crippen molar-refractivity contribution in [2.75, 3.05) is 13.1 Å². The minimum absolute atomic E-state index is 0.167. The van der Waals surface area contributed by atoms with Gasteiger partial charge in [-0.15, -0.1) is 0 Å². The molecular formula is C22H26N4O. The largest absolute Gasteiger partial charge is 0.491 e. The predicted molar refractivity (Wildman–Crippen MR) is 108 cm³/mol. The number of nitrogens with zero attached hydrogens (tertiary/aromatic N) is 3. The van der Waals surface area contributed by atoms with Gasteiger partial charge < -0.3 is 4.74 Å². The lowest BCUT2D eigenvalue weighted by atomic mass is 10.1. The summed E-state index contributed by atoms with van der Waals surface area (Å²) in [6.07, 6.45) is 2.79. The summed E-state index contributed by atoms with van der Waals surface area (Å²) in [4.78, 5) is 7.20. The summed E-state index contributed by atoms with van der Waals surface area (Å²) >= 11 is 0. The highest BCUT2D eigenvalue weighted by Crippen LogP contribution is 2.24. The molecule has 1 saturated heterocycles. The Hall–Kier alpha value is -2.66. The molecule has 0 saturated carbocycles.